The summed E-state index contributed by atoms with van der Waals surface area (Å²) in [6.45, 7) is 0.466. The lowest BCUT2D eigenvalue weighted by Crippen LogP contribution is -2.27. The number of tetrazole rings is 1. The van der Waals surface area contributed by atoms with Crippen LogP contribution in [0.15, 0.2) is 53.7 Å². The van der Waals surface area contributed by atoms with Crippen molar-refractivity contribution in [3.8, 4) is 11.4 Å². The highest BCUT2D eigenvalue weighted by Crippen LogP contribution is 2.19. The minimum atomic E-state index is -0.277. The SMILES string of the molecule is O=C(CSc1nnnn1-c1ccc(O)cc1)NCCc1ccc(F)cc1. The van der Waals surface area contributed by atoms with E-state index in [9.17, 15) is 14.3 Å². The Morgan fingerprint density at radius 1 is 1.15 bits per heavy atom. The van der Waals surface area contributed by atoms with Crippen LogP contribution in [0.5, 0.6) is 5.75 Å². The Bertz CT molecular complexity index is 868. The number of phenols is 1. The van der Waals surface area contributed by atoms with E-state index < -0.39 is 0 Å². The molecule has 0 aliphatic heterocycles. The Morgan fingerprint density at radius 2 is 1.88 bits per heavy atom. The molecule has 26 heavy (non-hydrogen) atoms. The van der Waals surface area contributed by atoms with Gasteiger partial charge in [-0.15, -0.1) is 5.10 Å². The lowest BCUT2D eigenvalue weighted by atomic mass is 10.1. The monoisotopic (exact) mass is 373 g/mol. The molecule has 1 aromatic heterocycles. The molecule has 1 amide bonds. The summed E-state index contributed by atoms with van der Waals surface area (Å²) in [5.41, 5.74) is 1.64. The van der Waals surface area contributed by atoms with Gasteiger partial charge < -0.3 is 10.4 Å². The number of amides is 1. The molecule has 7 nitrogen and oxygen atoms in total. The van der Waals surface area contributed by atoms with Crippen LogP contribution in [0.1, 0.15) is 5.56 Å². The topological polar surface area (TPSA) is 92.9 Å². The molecule has 3 rings (SSSR count). The Labute approximate surface area is 153 Å². The fourth-order valence-corrected chi connectivity index (χ4v) is 2.92. The standard InChI is InChI=1S/C17H16FN5O2S/c18-13-3-1-12(2-4-13)9-10-19-16(25)11-26-17-20-21-22-23(17)14-5-7-15(24)8-6-14/h1-8,24H,9-11H2,(H,19,25). The minimum absolute atomic E-state index is 0.141. The van der Waals surface area contributed by atoms with E-state index in [1.54, 1.807) is 24.3 Å². The molecule has 0 aliphatic rings. The molecular weight excluding hydrogens is 357 g/mol. The van der Waals surface area contributed by atoms with Crippen LogP contribution in [-0.4, -0.2) is 43.5 Å². The molecule has 3 aromatic rings. The first-order chi connectivity index (χ1) is 12.6. The minimum Gasteiger partial charge on any atom is -0.508 e. The fraction of sp³-hybridized carbons (Fsp3) is 0.176. The maximum Gasteiger partial charge on any atom is 0.230 e. The Morgan fingerprint density at radius 3 is 2.62 bits per heavy atom. The average Bonchev–Trinajstić information content (AvgIpc) is 3.11. The number of aromatic nitrogens is 4. The molecule has 0 fully saturated rings. The first kappa shape index (κ1) is 17.9. The number of phenolic OH excluding ortho intramolecular Hbond substituents is 1. The number of nitrogens with zero attached hydrogens (tertiary/aromatic N) is 4. The molecule has 0 unspecified atom stereocenters. The van der Waals surface area contributed by atoms with E-state index >= 15 is 0 Å². The number of carbonyl (C=O) groups is 1. The van der Waals surface area contributed by atoms with Gasteiger partial charge in [0.25, 0.3) is 0 Å². The first-order valence-electron chi connectivity index (χ1n) is 7.83. The molecule has 0 saturated carbocycles. The maximum atomic E-state index is 12.8. The van der Waals surface area contributed by atoms with Gasteiger partial charge in [-0.1, -0.05) is 23.9 Å². The molecule has 0 spiro atoms. The summed E-state index contributed by atoms with van der Waals surface area (Å²) in [5.74, 6) is -0.100. The second-order valence-electron chi connectivity index (χ2n) is 5.40. The number of hydrogen-bond acceptors (Lipinski definition) is 6. The van der Waals surface area contributed by atoms with Gasteiger partial charge in [0.2, 0.25) is 11.1 Å². The average molecular weight is 373 g/mol. The van der Waals surface area contributed by atoms with E-state index in [0.717, 1.165) is 5.56 Å². The maximum absolute atomic E-state index is 12.8. The summed E-state index contributed by atoms with van der Waals surface area (Å²) in [6, 6.07) is 12.6. The quantitative estimate of drug-likeness (QED) is 0.615. The van der Waals surface area contributed by atoms with Crippen molar-refractivity contribution < 1.29 is 14.3 Å². The van der Waals surface area contributed by atoms with E-state index in [0.29, 0.717) is 23.8 Å². The van der Waals surface area contributed by atoms with Crippen LogP contribution < -0.4 is 5.32 Å². The molecular formula is C17H16FN5O2S. The lowest BCUT2D eigenvalue weighted by Gasteiger charge is -2.06. The predicted octanol–water partition coefficient (Wildman–Crippen LogP) is 1.96. The highest BCUT2D eigenvalue weighted by Gasteiger charge is 2.11. The summed E-state index contributed by atoms with van der Waals surface area (Å²) in [7, 11) is 0. The van der Waals surface area contributed by atoms with Crippen LogP contribution in [0.3, 0.4) is 0 Å². The summed E-state index contributed by atoms with van der Waals surface area (Å²) in [6.07, 6.45) is 0.627. The van der Waals surface area contributed by atoms with Gasteiger partial charge in [0, 0.05) is 6.54 Å². The zero-order chi connectivity index (χ0) is 18.4. The van der Waals surface area contributed by atoms with Crippen LogP contribution in [0.25, 0.3) is 5.69 Å². The van der Waals surface area contributed by atoms with Crippen LogP contribution >= 0.6 is 11.8 Å². The summed E-state index contributed by atoms with van der Waals surface area (Å²) >= 11 is 1.21. The van der Waals surface area contributed by atoms with E-state index in [-0.39, 0.29) is 23.2 Å². The molecule has 1 heterocycles. The van der Waals surface area contributed by atoms with Crippen molar-refractivity contribution in [2.75, 3.05) is 12.3 Å². The number of benzene rings is 2. The predicted molar refractivity (Wildman–Crippen MR) is 94.7 cm³/mol. The first-order valence-corrected chi connectivity index (χ1v) is 8.82. The van der Waals surface area contributed by atoms with E-state index in [1.165, 1.54) is 40.7 Å². The zero-order valence-electron chi connectivity index (χ0n) is 13.7. The lowest BCUT2D eigenvalue weighted by molar-refractivity contribution is -0.118. The summed E-state index contributed by atoms with van der Waals surface area (Å²) < 4.78 is 14.3. The van der Waals surface area contributed by atoms with Crippen LogP contribution in [-0.2, 0) is 11.2 Å². The highest BCUT2D eigenvalue weighted by atomic mass is 32.2. The van der Waals surface area contributed by atoms with Crippen LogP contribution in [0, 0.1) is 5.82 Å². The van der Waals surface area contributed by atoms with Crippen molar-refractivity contribution in [3.05, 3.63) is 59.9 Å². The van der Waals surface area contributed by atoms with Gasteiger partial charge in [0.05, 0.1) is 11.4 Å². The number of hydrogen-bond donors (Lipinski definition) is 2. The van der Waals surface area contributed by atoms with Gasteiger partial charge in [-0.25, -0.2) is 4.39 Å². The summed E-state index contributed by atoms with van der Waals surface area (Å²) in [5, 5.41) is 24.1. The van der Waals surface area contributed by atoms with Gasteiger partial charge in [0.15, 0.2) is 0 Å². The van der Waals surface area contributed by atoms with Crippen molar-refractivity contribution in [1.29, 1.82) is 0 Å². The molecule has 2 aromatic carbocycles. The number of halogens is 1. The van der Waals surface area contributed by atoms with Crippen molar-refractivity contribution in [2.24, 2.45) is 0 Å². The molecule has 0 atom stereocenters. The zero-order valence-corrected chi connectivity index (χ0v) is 14.5. The number of aromatic hydroxyl groups is 1. The third kappa shape index (κ3) is 4.79. The molecule has 0 bridgehead atoms. The van der Waals surface area contributed by atoms with Crippen molar-refractivity contribution in [3.63, 3.8) is 0 Å². The fourth-order valence-electron chi connectivity index (χ4n) is 2.20. The van der Waals surface area contributed by atoms with Crippen molar-refractivity contribution in [1.82, 2.24) is 25.5 Å². The van der Waals surface area contributed by atoms with Gasteiger partial charge in [0.1, 0.15) is 11.6 Å². The van der Waals surface area contributed by atoms with Crippen LogP contribution in [0.4, 0.5) is 4.39 Å². The highest BCUT2D eigenvalue weighted by molar-refractivity contribution is 7.99. The van der Waals surface area contributed by atoms with Gasteiger partial charge in [-0.2, -0.15) is 4.68 Å². The smallest absolute Gasteiger partial charge is 0.230 e. The van der Waals surface area contributed by atoms with E-state index in [1.807, 2.05) is 0 Å². The molecule has 9 heteroatoms. The largest absolute Gasteiger partial charge is 0.508 e. The van der Waals surface area contributed by atoms with Crippen molar-refractivity contribution in [2.45, 2.75) is 11.6 Å². The van der Waals surface area contributed by atoms with Crippen LogP contribution in [0.2, 0.25) is 0 Å². The molecule has 0 radical (unpaired) electrons. The number of carbonyl (C=O) groups excluding carboxylic acids is 1. The van der Waals surface area contributed by atoms with Gasteiger partial charge >= 0.3 is 0 Å². The third-order valence-electron chi connectivity index (χ3n) is 3.52. The van der Waals surface area contributed by atoms with Gasteiger partial charge in [-0.3, -0.25) is 4.79 Å². The number of thioether (sulfide) groups is 1. The van der Waals surface area contributed by atoms with E-state index in [4.69, 9.17) is 0 Å². The number of nitrogens with one attached hydrogen (secondary N) is 1. The molecule has 2 N–H and O–H groups in total. The normalized spacial score (nSPS) is 10.7. The molecule has 0 aliphatic carbocycles. The Kier molecular flexibility index (Phi) is 5.80. The Hall–Kier alpha value is -2.94. The van der Waals surface area contributed by atoms with E-state index in [2.05, 4.69) is 20.8 Å². The number of rotatable bonds is 7. The second-order valence-corrected chi connectivity index (χ2v) is 6.35. The summed E-state index contributed by atoms with van der Waals surface area (Å²) in [4.78, 5) is 12.0. The second kappa shape index (κ2) is 8.43. The van der Waals surface area contributed by atoms with Crippen molar-refractivity contribution >= 4 is 17.7 Å². The Balaban J connectivity index is 1.48. The third-order valence-corrected chi connectivity index (χ3v) is 4.44. The molecule has 0 saturated heterocycles. The van der Waals surface area contributed by atoms with Gasteiger partial charge in [-0.05, 0) is 58.8 Å². The molecule has 134 valence electrons.